The van der Waals surface area contributed by atoms with Crippen LogP contribution in [-0.4, -0.2) is 63.8 Å². The van der Waals surface area contributed by atoms with Crippen molar-refractivity contribution in [1.82, 2.24) is 9.47 Å². The Balaban J connectivity index is 1.20. The molecule has 1 aromatic heterocycles. The number of amides is 2. The second-order valence-electron chi connectivity index (χ2n) is 11.7. The number of carboxylic acids is 1. The van der Waals surface area contributed by atoms with Crippen LogP contribution in [0, 0.1) is 5.92 Å². The molecule has 42 heavy (non-hydrogen) atoms. The molecule has 2 amide bonds. The van der Waals surface area contributed by atoms with Crippen molar-refractivity contribution in [2.75, 3.05) is 18.5 Å². The molecule has 3 aromatic rings. The number of carboxylic acid groups (broad SMARTS) is 1. The first-order valence-electron chi connectivity index (χ1n) is 14.6. The first kappa shape index (κ1) is 30.0. The summed E-state index contributed by atoms with van der Waals surface area (Å²) >= 11 is 6.53. The van der Waals surface area contributed by atoms with Gasteiger partial charge in [0.05, 0.1) is 53.9 Å². The lowest BCUT2D eigenvalue weighted by molar-refractivity contribution is -0.144. The normalized spacial score (nSPS) is 22.5. The Kier molecular flexibility index (Phi) is 9.18. The minimum absolute atomic E-state index is 0.0183. The van der Waals surface area contributed by atoms with E-state index in [4.69, 9.17) is 16.3 Å². The molecule has 2 N–H and O–H groups in total. The lowest BCUT2D eigenvalue weighted by Crippen LogP contribution is -2.40. The number of hydrogen-bond acceptors (Lipinski definition) is 4. The van der Waals surface area contributed by atoms with Gasteiger partial charge in [-0.3, -0.25) is 14.4 Å². The van der Waals surface area contributed by atoms with Crippen molar-refractivity contribution in [3.05, 3.63) is 64.8 Å². The van der Waals surface area contributed by atoms with Gasteiger partial charge in [-0.25, -0.2) is 4.39 Å². The van der Waals surface area contributed by atoms with Gasteiger partial charge in [0, 0.05) is 29.6 Å². The second-order valence-corrected chi connectivity index (χ2v) is 12.1. The van der Waals surface area contributed by atoms with Crippen LogP contribution >= 0.6 is 11.6 Å². The summed E-state index contributed by atoms with van der Waals surface area (Å²) in [7, 11) is 0. The summed E-state index contributed by atoms with van der Waals surface area (Å²) in [5.41, 5.74) is 2.62. The molecule has 0 bridgehead atoms. The van der Waals surface area contributed by atoms with Crippen LogP contribution < -0.4 is 5.32 Å². The number of aromatic nitrogens is 1. The Morgan fingerprint density at radius 1 is 1.12 bits per heavy atom. The van der Waals surface area contributed by atoms with Gasteiger partial charge in [0.1, 0.15) is 6.17 Å². The number of aliphatic carboxylic acids is 1. The van der Waals surface area contributed by atoms with Crippen molar-refractivity contribution in [2.45, 2.75) is 76.7 Å². The lowest BCUT2D eigenvalue weighted by Gasteiger charge is -2.29. The quantitative estimate of drug-likeness (QED) is 0.303. The van der Waals surface area contributed by atoms with E-state index in [-0.39, 0.29) is 61.9 Å². The highest BCUT2D eigenvalue weighted by molar-refractivity contribution is 6.34. The highest BCUT2D eigenvalue weighted by Crippen LogP contribution is 2.30. The number of ether oxygens (including phenoxy) is 1. The van der Waals surface area contributed by atoms with Gasteiger partial charge in [-0.15, -0.1) is 0 Å². The van der Waals surface area contributed by atoms with E-state index in [0.717, 1.165) is 10.9 Å². The standard InChI is InChI=1S/C32H37ClFN3O5/c1-19(2)36-17-26(25-5-3-4-6-29(25)36)31(39)35-28-12-7-20(13-27(28)33)14-30(38)37-16-22(34)15-23(37)18-42-24-10-8-21(9-11-24)32(40)41/h3-7,12-13,17,19,21-24H,8-11,14-16,18H2,1-2H3,(H,35,39)(H,40,41)/t21?,22-,23-,24?/m0/s1. The van der Waals surface area contributed by atoms with Crippen molar-refractivity contribution < 1.29 is 28.6 Å². The number of benzene rings is 2. The smallest absolute Gasteiger partial charge is 0.306 e. The minimum Gasteiger partial charge on any atom is -0.481 e. The molecule has 1 aliphatic carbocycles. The van der Waals surface area contributed by atoms with Gasteiger partial charge in [-0.05, 0) is 63.3 Å². The summed E-state index contributed by atoms with van der Waals surface area (Å²) in [6.07, 6.45) is 3.36. The van der Waals surface area contributed by atoms with Crippen LogP contribution in [0.25, 0.3) is 10.9 Å². The van der Waals surface area contributed by atoms with Crippen molar-refractivity contribution in [3.8, 4) is 0 Å². The zero-order valence-corrected chi connectivity index (χ0v) is 24.6. The minimum atomic E-state index is -1.12. The van der Waals surface area contributed by atoms with E-state index in [0.29, 0.717) is 47.5 Å². The van der Waals surface area contributed by atoms with Crippen LogP contribution in [0.15, 0.2) is 48.7 Å². The van der Waals surface area contributed by atoms with E-state index in [9.17, 15) is 23.9 Å². The maximum atomic E-state index is 14.4. The summed E-state index contributed by atoms with van der Waals surface area (Å²) in [6.45, 7) is 4.37. The maximum absolute atomic E-state index is 14.4. The zero-order valence-electron chi connectivity index (χ0n) is 23.9. The fourth-order valence-corrected chi connectivity index (χ4v) is 6.35. The first-order valence-corrected chi connectivity index (χ1v) is 15.0. The molecule has 1 saturated heterocycles. The molecule has 0 radical (unpaired) electrons. The number of likely N-dealkylation sites (tertiary alicyclic amines) is 1. The molecular weight excluding hydrogens is 561 g/mol. The first-order chi connectivity index (χ1) is 20.1. The predicted octanol–water partition coefficient (Wildman–Crippen LogP) is 6.27. The Labute approximate surface area is 249 Å². The third-order valence-electron chi connectivity index (χ3n) is 8.41. The largest absolute Gasteiger partial charge is 0.481 e. The number of fused-ring (bicyclic) bond motifs is 1. The van der Waals surface area contributed by atoms with E-state index < -0.39 is 12.1 Å². The van der Waals surface area contributed by atoms with Gasteiger partial charge in [0.25, 0.3) is 5.91 Å². The number of rotatable bonds is 9. The monoisotopic (exact) mass is 597 g/mol. The van der Waals surface area contributed by atoms with Gasteiger partial charge < -0.3 is 24.6 Å². The lowest BCUT2D eigenvalue weighted by atomic mass is 9.87. The van der Waals surface area contributed by atoms with E-state index in [1.807, 2.05) is 30.5 Å². The summed E-state index contributed by atoms with van der Waals surface area (Å²) in [6, 6.07) is 12.6. The predicted molar refractivity (Wildman–Crippen MR) is 160 cm³/mol. The number of nitrogens with one attached hydrogen (secondary N) is 1. The van der Waals surface area contributed by atoms with Crippen LogP contribution in [0.3, 0.4) is 0 Å². The van der Waals surface area contributed by atoms with Gasteiger partial charge in [-0.2, -0.15) is 0 Å². The molecule has 2 aliphatic rings. The average Bonchev–Trinajstić information content (AvgIpc) is 3.54. The molecule has 2 aromatic carbocycles. The van der Waals surface area contributed by atoms with Crippen molar-refractivity contribution in [2.24, 2.45) is 5.92 Å². The number of para-hydroxylation sites is 1. The molecule has 0 unspecified atom stereocenters. The van der Waals surface area contributed by atoms with E-state index >= 15 is 0 Å². The summed E-state index contributed by atoms with van der Waals surface area (Å²) in [5, 5.41) is 13.2. The maximum Gasteiger partial charge on any atom is 0.306 e. The van der Waals surface area contributed by atoms with E-state index in [1.54, 1.807) is 23.1 Å². The molecule has 8 nitrogen and oxygen atoms in total. The van der Waals surface area contributed by atoms with Crippen LogP contribution in [-0.2, 0) is 20.7 Å². The fraction of sp³-hybridized carbons (Fsp3) is 0.469. The van der Waals surface area contributed by atoms with Crippen LogP contribution in [0.4, 0.5) is 10.1 Å². The van der Waals surface area contributed by atoms with E-state index in [2.05, 4.69) is 23.7 Å². The molecule has 2 fully saturated rings. The van der Waals surface area contributed by atoms with Crippen LogP contribution in [0.1, 0.15) is 67.9 Å². The summed E-state index contributed by atoms with van der Waals surface area (Å²) in [4.78, 5) is 39.2. The summed E-state index contributed by atoms with van der Waals surface area (Å²) < 4.78 is 22.4. The van der Waals surface area contributed by atoms with Crippen molar-refractivity contribution >= 4 is 46.0 Å². The molecule has 224 valence electrons. The van der Waals surface area contributed by atoms with E-state index in [1.165, 1.54) is 0 Å². The molecule has 1 aliphatic heterocycles. The number of carbonyl (C=O) groups is 3. The Hall–Kier alpha value is -3.43. The van der Waals surface area contributed by atoms with Gasteiger partial charge in [-0.1, -0.05) is 35.9 Å². The molecular formula is C32H37ClFN3O5. The Bertz CT molecular complexity index is 1470. The highest BCUT2D eigenvalue weighted by Gasteiger charge is 2.36. The van der Waals surface area contributed by atoms with Gasteiger partial charge in [0.2, 0.25) is 5.91 Å². The second kappa shape index (κ2) is 12.8. The summed E-state index contributed by atoms with van der Waals surface area (Å²) in [5.74, 6) is -1.59. The Morgan fingerprint density at radius 2 is 1.86 bits per heavy atom. The fourth-order valence-electron chi connectivity index (χ4n) is 6.10. The number of hydrogen-bond donors (Lipinski definition) is 2. The van der Waals surface area contributed by atoms with Crippen molar-refractivity contribution in [3.63, 3.8) is 0 Å². The highest BCUT2D eigenvalue weighted by atomic mass is 35.5. The number of anilines is 1. The molecule has 0 spiro atoms. The van der Waals surface area contributed by atoms with Crippen LogP contribution in [0.2, 0.25) is 5.02 Å². The number of nitrogens with zero attached hydrogens (tertiary/aromatic N) is 2. The zero-order chi connectivity index (χ0) is 30.0. The van der Waals surface area contributed by atoms with Crippen molar-refractivity contribution in [1.29, 1.82) is 0 Å². The average molecular weight is 598 g/mol. The van der Waals surface area contributed by atoms with Gasteiger partial charge >= 0.3 is 5.97 Å². The number of halogens is 2. The Morgan fingerprint density at radius 3 is 2.55 bits per heavy atom. The molecule has 2 atom stereocenters. The molecule has 10 heteroatoms. The third kappa shape index (κ3) is 6.63. The molecule has 1 saturated carbocycles. The number of alkyl halides is 1. The topological polar surface area (TPSA) is 101 Å². The van der Waals surface area contributed by atoms with Gasteiger partial charge in [0.15, 0.2) is 0 Å². The molecule has 5 rings (SSSR count). The third-order valence-corrected chi connectivity index (χ3v) is 8.72. The van der Waals surface area contributed by atoms with Crippen LogP contribution in [0.5, 0.6) is 0 Å². The SMILES string of the molecule is CC(C)n1cc(C(=O)Nc2ccc(CC(=O)N3C[C@@H](F)C[C@H]3COC3CCC(C(=O)O)CC3)cc2Cl)c2ccccc21. The number of carbonyl (C=O) groups excluding carboxylic acids is 2. The molecule has 2 heterocycles.